The third-order valence-electron chi connectivity index (χ3n) is 2.16. The first kappa shape index (κ1) is 14.3. The van der Waals surface area contributed by atoms with Crippen molar-refractivity contribution in [1.29, 1.82) is 0 Å². The number of carbonyl (C=O) groups excluding carboxylic acids is 1. The highest BCUT2D eigenvalue weighted by atomic mass is 16.5. The monoisotopic (exact) mass is 220 g/mol. The zero-order valence-corrected chi connectivity index (χ0v) is 9.27. The number of hydrogen-bond donors (Lipinski definition) is 3. The van der Waals surface area contributed by atoms with Gasteiger partial charge in [-0.3, -0.25) is 0 Å². The lowest BCUT2D eigenvalue weighted by atomic mass is 9.94. The molecule has 0 saturated heterocycles. The zero-order valence-electron chi connectivity index (χ0n) is 9.27. The van der Waals surface area contributed by atoms with Gasteiger partial charge < -0.3 is 20.1 Å². The predicted molar refractivity (Wildman–Crippen MR) is 54.2 cm³/mol. The van der Waals surface area contributed by atoms with E-state index in [0.29, 0.717) is 12.8 Å². The first-order valence-electron chi connectivity index (χ1n) is 5.05. The van der Waals surface area contributed by atoms with Crippen LogP contribution in [0.25, 0.3) is 0 Å². The van der Waals surface area contributed by atoms with Crippen LogP contribution in [0.5, 0.6) is 0 Å². The fourth-order valence-corrected chi connectivity index (χ4v) is 0.874. The summed E-state index contributed by atoms with van der Waals surface area (Å²) >= 11 is 0. The van der Waals surface area contributed by atoms with Crippen molar-refractivity contribution >= 4 is 5.97 Å². The summed E-state index contributed by atoms with van der Waals surface area (Å²) in [6.45, 7) is 2.79. The summed E-state index contributed by atoms with van der Waals surface area (Å²) in [6, 6.07) is 0. The van der Waals surface area contributed by atoms with Crippen molar-refractivity contribution in [3.05, 3.63) is 0 Å². The number of ether oxygens (including phenoxy) is 1. The van der Waals surface area contributed by atoms with Crippen LogP contribution in [0.15, 0.2) is 0 Å². The molecule has 0 amide bonds. The molecule has 0 aromatic rings. The van der Waals surface area contributed by atoms with Crippen molar-refractivity contribution in [2.45, 2.75) is 32.8 Å². The van der Waals surface area contributed by atoms with Crippen LogP contribution in [0.3, 0.4) is 0 Å². The summed E-state index contributed by atoms with van der Waals surface area (Å²) in [4.78, 5) is 11.2. The quantitative estimate of drug-likeness (QED) is 0.512. The summed E-state index contributed by atoms with van der Waals surface area (Å²) in [7, 11) is 0. The highest BCUT2D eigenvalue weighted by Gasteiger charge is 2.26. The second kappa shape index (κ2) is 6.76. The van der Waals surface area contributed by atoms with Crippen LogP contribution in [0.2, 0.25) is 0 Å². The minimum atomic E-state index is -1.11. The highest BCUT2D eigenvalue weighted by molar-refractivity contribution is 5.74. The number of esters is 1. The van der Waals surface area contributed by atoms with Crippen LogP contribution in [-0.4, -0.2) is 47.2 Å². The number of aliphatic hydroxyl groups is 3. The number of rotatable bonds is 7. The molecule has 15 heavy (non-hydrogen) atoms. The fourth-order valence-electron chi connectivity index (χ4n) is 0.874. The Balaban J connectivity index is 3.98. The highest BCUT2D eigenvalue weighted by Crippen LogP contribution is 2.15. The molecule has 0 bridgehead atoms. The second-order valence-corrected chi connectivity index (χ2v) is 4.04. The first-order chi connectivity index (χ1) is 6.99. The van der Waals surface area contributed by atoms with Gasteiger partial charge in [-0.1, -0.05) is 20.3 Å². The maximum Gasteiger partial charge on any atom is 0.334 e. The molecular formula is C10H20O5. The lowest BCUT2D eigenvalue weighted by Gasteiger charge is -2.24. The van der Waals surface area contributed by atoms with Crippen molar-refractivity contribution in [2.24, 2.45) is 5.41 Å². The van der Waals surface area contributed by atoms with E-state index in [-0.39, 0.29) is 19.8 Å². The molecule has 1 atom stereocenters. The van der Waals surface area contributed by atoms with E-state index in [9.17, 15) is 9.90 Å². The Bertz CT molecular complexity index is 188. The zero-order chi connectivity index (χ0) is 11.9. The van der Waals surface area contributed by atoms with Gasteiger partial charge in [0.25, 0.3) is 0 Å². The Hall–Kier alpha value is -0.650. The Morgan fingerprint density at radius 3 is 2.33 bits per heavy atom. The number of carbonyl (C=O) groups is 1. The van der Waals surface area contributed by atoms with Crippen LogP contribution in [-0.2, 0) is 9.53 Å². The molecule has 0 heterocycles. The van der Waals surface area contributed by atoms with Crippen molar-refractivity contribution in [2.75, 3.05) is 19.8 Å². The smallest absolute Gasteiger partial charge is 0.334 e. The normalized spacial score (nSPS) is 13.7. The van der Waals surface area contributed by atoms with Gasteiger partial charge in [0.1, 0.15) is 6.61 Å². The van der Waals surface area contributed by atoms with E-state index in [1.165, 1.54) is 0 Å². The van der Waals surface area contributed by atoms with Gasteiger partial charge in [0.05, 0.1) is 13.2 Å². The molecule has 0 aliphatic carbocycles. The molecule has 90 valence electrons. The average molecular weight is 220 g/mol. The fraction of sp³-hybridized carbons (Fsp3) is 0.900. The Kier molecular flexibility index (Phi) is 6.47. The SMILES string of the molecule is CCCC(O)C(=O)OCC(C)(CO)CO. The van der Waals surface area contributed by atoms with Gasteiger partial charge in [-0.05, 0) is 6.42 Å². The van der Waals surface area contributed by atoms with Gasteiger partial charge >= 0.3 is 5.97 Å². The van der Waals surface area contributed by atoms with E-state index < -0.39 is 17.5 Å². The van der Waals surface area contributed by atoms with E-state index in [2.05, 4.69) is 0 Å². The number of aliphatic hydroxyl groups excluding tert-OH is 3. The maximum atomic E-state index is 11.2. The molecule has 0 aromatic carbocycles. The molecule has 5 heteroatoms. The third kappa shape index (κ3) is 5.11. The van der Waals surface area contributed by atoms with E-state index in [4.69, 9.17) is 14.9 Å². The molecule has 0 aliphatic rings. The first-order valence-corrected chi connectivity index (χ1v) is 5.05. The summed E-state index contributed by atoms with van der Waals surface area (Å²) < 4.78 is 4.79. The molecule has 0 saturated carbocycles. The Morgan fingerprint density at radius 2 is 1.93 bits per heavy atom. The van der Waals surface area contributed by atoms with Gasteiger partial charge in [0.15, 0.2) is 6.10 Å². The number of hydrogen-bond acceptors (Lipinski definition) is 5. The minimum absolute atomic E-state index is 0.0976. The van der Waals surface area contributed by atoms with Crippen molar-refractivity contribution in [3.8, 4) is 0 Å². The van der Waals surface area contributed by atoms with Crippen LogP contribution in [0.1, 0.15) is 26.7 Å². The molecule has 1 unspecified atom stereocenters. The minimum Gasteiger partial charge on any atom is -0.463 e. The van der Waals surface area contributed by atoms with E-state index in [1.807, 2.05) is 6.92 Å². The maximum absolute atomic E-state index is 11.2. The lowest BCUT2D eigenvalue weighted by molar-refractivity contribution is -0.159. The third-order valence-corrected chi connectivity index (χ3v) is 2.16. The van der Waals surface area contributed by atoms with Crippen molar-refractivity contribution in [3.63, 3.8) is 0 Å². The standard InChI is InChI=1S/C10H20O5/c1-3-4-8(13)9(14)15-7-10(2,5-11)6-12/h8,11-13H,3-7H2,1-2H3. The topological polar surface area (TPSA) is 87.0 Å². The van der Waals surface area contributed by atoms with Crippen LogP contribution >= 0.6 is 0 Å². The van der Waals surface area contributed by atoms with Gasteiger partial charge in [0, 0.05) is 5.41 Å². The molecule has 3 N–H and O–H groups in total. The average Bonchev–Trinajstić information content (AvgIpc) is 2.25. The van der Waals surface area contributed by atoms with Crippen molar-refractivity contribution in [1.82, 2.24) is 0 Å². The molecule has 0 spiro atoms. The van der Waals surface area contributed by atoms with Gasteiger partial charge in [-0.25, -0.2) is 4.79 Å². The van der Waals surface area contributed by atoms with Gasteiger partial charge in [-0.15, -0.1) is 0 Å². The molecular weight excluding hydrogens is 200 g/mol. The molecule has 0 fully saturated rings. The molecule has 0 aromatic heterocycles. The second-order valence-electron chi connectivity index (χ2n) is 4.04. The molecule has 0 aliphatic heterocycles. The molecule has 0 rings (SSSR count). The summed E-state index contributed by atoms with van der Waals surface area (Å²) in [5.41, 5.74) is -0.846. The van der Waals surface area contributed by atoms with Crippen LogP contribution in [0, 0.1) is 5.41 Å². The molecule has 0 radical (unpaired) electrons. The summed E-state index contributed by atoms with van der Waals surface area (Å²) in [6.07, 6.45) is -0.0712. The van der Waals surface area contributed by atoms with Gasteiger partial charge in [0.2, 0.25) is 0 Å². The van der Waals surface area contributed by atoms with Crippen LogP contribution < -0.4 is 0 Å². The lowest BCUT2D eigenvalue weighted by Crippen LogP contribution is -2.35. The van der Waals surface area contributed by atoms with Crippen molar-refractivity contribution < 1.29 is 24.9 Å². The summed E-state index contributed by atoms with van der Waals surface area (Å²) in [5, 5.41) is 27.1. The Labute approximate surface area is 89.7 Å². The van der Waals surface area contributed by atoms with E-state index >= 15 is 0 Å². The largest absolute Gasteiger partial charge is 0.463 e. The van der Waals surface area contributed by atoms with Gasteiger partial charge in [-0.2, -0.15) is 0 Å². The predicted octanol–water partition coefficient (Wildman–Crippen LogP) is -0.318. The van der Waals surface area contributed by atoms with Crippen LogP contribution in [0.4, 0.5) is 0 Å². The summed E-state index contributed by atoms with van der Waals surface area (Å²) in [5.74, 6) is -0.704. The Morgan fingerprint density at radius 1 is 1.40 bits per heavy atom. The van der Waals surface area contributed by atoms with E-state index in [1.54, 1.807) is 6.92 Å². The van der Waals surface area contributed by atoms with E-state index in [0.717, 1.165) is 0 Å². The molecule has 5 nitrogen and oxygen atoms in total.